The van der Waals surface area contributed by atoms with E-state index in [1.165, 1.54) is 0 Å². The zero-order valence-corrected chi connectivity index (χ0v) is 15.2. The normalized spacial score (nSPS) is 13.9. The summed E-state index contributed by atoms with van der Waals surface area (Å²) in [7, 11) is 0. The lowest BCUT2D eigenvalue weighted by Gasteiger charge is -2.16. The van der Waals surface area contributed by atoms with Crippen LogP contribution in [-0.4, -0.2) is 24.9 Å². The standard InChI is InChI=1S/C18H18IN3O2/c19-13-3-5-14(6-4-13)20-12-17(23)21-15-7-9-16(10-8-15)22-11-1-2-18(22)24/h3-10,20H,1-2,11-12H2,(H,21,23). The molecule has 2 amide bonds. The predicted molar refractivity (Wildman–Crippen MR) is 104 cm³/mol. The maximum Gasteiger partial charge on any atom is 0.243 e. The van der Waals surface area contributed by atoms with Gasteiger partial charge in [-0.05, 0) is 77.5 Å². The number of anilines is 3. The van der Waals surface area contributed by atoms with Gasteiger partial charge in [-0.1, -0.05) is 0 Å². The smallest absolute Gasteiger partial charge is 0.243 e. The summed E-state index contributed by atoms with van der Waals surface area (Å²) < 4.78 is 1.15. The Morgan fingerprint density at radius 2 is 1.71 bits per heavy atom. The molecule has 2 aromatic rings. The molecule has 0 aliphatic carbocycles. The summed E-state index contributed by atoms with van der Waals surface area (Å²) in [6.45, 7) is 0.970. The third-order valence-electron chi connectivity index (χ3n) is 3.83. The Morgan fingerprint density at radius 3 is 2.33 bits per heavy atom. The average molecular weight is 435 g/mol. The highest BCUT2D eigenvalue weighted by Crippen LogP contribution is 2.23. The number of benzene rings is 2. The minimum atomic E-state index is -0.112. The quantitative estimate of drug-likeness (QED) is 0.708. The van der Waals surface area contributed by atoms with Gasteiger partial charge in [-0.2, -0.15) is 0 Å². The third-order valence-corrected chi connectivity index (χ3v) is 4.55. The monoisotopic (exact) mass is 435 g/mol. The van der Waals surface area contributed by atoms with Crippen molar-refractivity contribution < 1.29 is 9.59 Å². The van der Waals surface area contributed by atoms with E-state index in [0.717, 1.165) is 33.6 Å². The number of nitrogens with one attached hydrogen (secondary N) is 2. The molecule has 2 N–H and O–H groups in total. The molecule has 1 heterocycles. The van der Waals surface area contributed by atoms with E-state index < -0.39 is 0 Å². The second-order valence-corrected chi connectivity index (χ2v) is 6.85. The Labute approximate surface area is 154 Å². The van der Waals surface area contributed by atoms with Crippen molar-refractivity contribution >= 4 is 51.5 Å². The Balaban J connectivity index is 1.52. The molecule has 24 heavy (non-hydrogen) atoms. The fraction of sp³-hybridized carbons (Fsp3) is 0.222. The average Bonchev–Trinajstić information content (AvgIpc) is 3.01. The van der Waals surface area contributed by atoms with Gasteiger partial charge in [0.2, 0.25) is 11.8 Å². The van der Waals surface area contributed by atoms with Crippen molar-refractivity contribution in [2.75, 3.05) is 28.6 Å². The van der Waals surface area contributed by atoms with Crippen molar-refractivity contribution in [3.05, 3.63) is 52.1 Å². The van der Waals surface area contributed by atoms with Crippen molar-refractivity contribution in [2.45, 2.75) is 12.8 Å². The molecule has 0 spiro atoms. The van der Waals surface area contributed by atoms with Gasteiger partial charge >= 0.3 is 0 Å². The topological polar surface area (TPSA) is 61.4 Å². The number of carbonyl (C=O) groups excluding carboxylic acids is 2. The largest absolute Gasteiger partial charge is 0.376 e. The molecule has 2 aromatic carbocycles. The molecule has 1 aliphatic rings. The zero-order valence-electron chi connectivity index (χ0n) is 13.1. The van der Waals surface area contributed by atoms with Gasteiger partial charge in [0.15, 0.2) is 0 Å². The van der Waals surface area contributed by atoms with E-state index >= 15 is 0 Å². The van der Waals surface area contributed by atoms with Gasteiger partial charge in [0.25, 0.3) is 0 Å². The Hall–Kier alpha value is -2.09. The first-order chi connectivity index (χ1) is 11.6. The van der Waals surface area contributed by atoms with E-state index in [1.807, 2.05) is 48.5 Å². The van der Waals surface area contributed by atoms with Crippen molar-refractivity contribution in [3.63, 3.8) is 0 Å². The minimum absolute atomic E-state index is 0.112. The van der Waals surface area contributed by atoms with Crippen LogP contribution >= 0.6 is 22.6 Å². The van der Waals surface area contributed by atoms with Crippen LogP contribution in [0.5, 0.6) is 0 Å². The molecule has 124 valence electrons. The van der Waals surface area contributed by atoms with Crippen LogP contribution < -0.4 is 15.5 Å². The van der Waals surface area contributed by atoms with Gasteiger partial charge in [0, 0.05) is 33.6 Å². The van der Waals surface area contributed by atoms with Crippen LogP contribution in [0.3, 0.4) is 0 Å². The second kappa shape index (κ2) is 7.65. The summed E-state index contributed by atoms with van der Waals surface area (Å²) in [5.41, 5.74) is 2.51. The van der Waals surface area contributed by atoms with Crippen LogP contribution in [0, 0.1) is 3.57 Å². The zero-order chi connectivity index (χ0) is 16.9. The first-order valence-corrected chi connectivity index (χ1v) is 8.89. The summed E-state index contributed by atoms with van der Waals surface area (Å²) in [5, 5.41) is 5.93. The lowest BCUT2D eigenvalue weighted by atomic mass is 10.2. The molecule has 6 heteroatoms. The summed E-state index contributed by atoms with van der Waals surface area (Å²) in [4.78, 5) is 25.5. The molecule has 3 rings (SSSR count). The number of hydrogen-bond acceptors (Lipinski definition) is 3. The lowest BCUT2D eigenvalue weighted by molar-refractivity contribution is -0.117. The Kier molecular flexibility index (Phi) is 5.34. The lowest BCUT2D eigenvalue weighted by Crippen LogP contribution is -2.24. The number of hydrogen-bond donors (Lipinski definition) is 2. The fourth-order valence-electron chi connectivity index (χ4n) is 2.60. The van der Waals surface area contributed by atoms with Gasteiger partial charge in [-0.25, -0.2) is 0 Å². The molecule has 5 nitrogen and oxygen atoms in total. The molecule has 0 atom stereocenters. The van der Waals surface area contributed by atoms with Crippen molar-refractivity contribution in [2.24, 2.45) is 0 Å². The molecule has 0 aromatic heterocycles. The van der Waals surface area contributed by atoms with E-state index in [9.17, 15) is 9.59 Å². The number of halogens is 1. The van der Waals surface area contributed by atoms with Gasteiger partial charge in [-0.3, -0.25) is 9.59 Å². The molecule has 0 saturated carbocycles. The summed E-state index contributed by atoms with van der Waals surface area (Å²) in [6.07, 6.45) is 1.52. The minimum Gasteiger partial charge on any atom is -0.376 e. The molecular formula is C18H18IN3O2. The SMILES string of the molecule is O=C(CNc1ccc(I)cc1)Nc1ccc(N2CCCC2=O)cc1. The number of carbonyl (C=O) groups is 2. The first kappa shape index (κ1) is 16.8. The molecule has 1 fully saturated rings. The molecule has 0 radical (unpaired) electrons. The van der Waals surface area contributed by atoms with Crippen LogP contribution in [0.15, 0.2) is 48.5 Å². The van der Waals surface area contributed by atoms with Crippen molar-refractivity contribution in [3.8, 4) is 0 Å². The van der Waals surface area contributed by atoms with Gasteiger partial charge in [-0.15, -0.1) is 0 Å². The summed E-state index contributed by atoms with van der Waals surface area (Å²) >= 11 is 2.24. The van der Waals surface area contributed by atoms with Gasteiger partial charge in [0.1, 0.15) is 0 Å². The van der Waals surface area contributed by atoms with Gasteiger partial charge in [0.05, 0.1) is 6.54 Å². The number of nitrogens with zero attached hydrogens (tertiary/aromatic N) is 1. The second-order valence-electron chi connectivity index (χ2n) is 5.60. The fourth-order valence-corrected chi connectivity index (χ4v) is 2.96. The van der Waals surface area contributed by atoms with Gasteiger partial charge < -0.3 is 15.5 Å². The number of amides is 2. The van der Waals surface area contributed by atoms with Crippen LogP contribution in [0.4, 0.5) is 17.1 Å². The maximum absolute atomic E-state index is 12.0. The van der Waals surface area contributed by atoms with Crippen LogP contribution in [0.25, 0.3) is 0 Å². The number of rotatable bonds is 5. The third kappa shape index (κ3) is 4.25. The predicted octanol–water partition coefficient (Wildman–Crippen LogP) is 3.47. The molecule has 0 unspecified atom stereocenters. The molecule has 1 saturated heterocycles. The Morgan fingerprint density at radius 1 is 1.04 bits per heavy atom. The highest BCUT2D eigenvalue weighted by molar-refractivity contribution is 14.1. The summed E-state index contributed by atoms with van der Waals surface area (Å²) in [5.74, 6) is 0.0482. The van der Waals surface area contributed by atoms with Crippen molar-refractivity contribution in [1.29, 1.82) is 0 Å². The maximum atomic E-state index is 12.0. The molecular weight excluding hydrogens is 417 g/mol. The van der Waals surface area contributed by atoms with E-state index in [2.05, 4.69) is 33.2 Å². The van der Waals surface area contributed by atoms with Crippen LogP contribution in [0.1, 0.15) is 12.8 Å². The van der Waals surface area contributed by atoms with E-state index in [0.29, 0.717) is 6.42 Å². The molecule has 1 aliphatic heterocycles. The van der Waals surface area contributed by atoms with E-state index in [1.54, 1.807) is 4.90 Å². The van der Waals surface area contributed by atoms with Crippen LogP contribution in [-0.2, 0) is 9.59 Å². The van der Waals surface area contributed by atoms with E-state index in [4.69, 9.17) is 0 Å². The van der Waals surface area contributed by atoms with Crippen LogP contribution in [0.2, 0.25) is 0 Å². The van der Waals surface area contributed by atoms with E-state index in [-0.39, 0.29) is 18.4 Å². The Bertz CT molecular complexity index is 729. The highest BCUT2D eigenvalue weighted by atomic mass is 127. The molecule has 0 bridgehead atoms. The van der Waals surface area contributed by atoms with Crippen molar-refractivity contribution in [1.82, 2.24) is 0 Å². The first-order valence-electron chi connectivity index (χ1n) is 7.81. The highest BCUT2D eigenvalue weighted by Gasteiger charge is 2.21. The summed E-state index contributed by atoms with van der Waals surface area (Å²) in [6, 6.07) is 15.2.